The Morgan fingerprint density at radius 2 is 1.56 bits per heavy atom. The summed E-state index contributed by atoms with van der Waals surface area (Å²) in [6.07, 6.45) is 0. The van der Waals surface area contributed by atoms with Gasteiger partial charge in [-0.2, -0.15) is 5.10 Å². The molecule has 0 radical (unpaired) electrons. The number of sulfone groups is 1. The highest BCUT2D eigenvalue weighted by Crippen LogP contribution is 2.29. The van der Waals surface area contributed by atoms with Crippen LogP contribution in [0.15, 0.2) is 82.6 Å². The summed E-state index contributed by atoms with van der Waals surface area (Å²) < 4.78 is 36.6. The number of rotatable bonds is 7. The lowest BCUT2D eigenvalue weighted by Crippen LogP contribution is -2.13. The van der Waals surface area contributed by atoms with Crippen LogP contribution < -0.4 is 14.8 Å². The number of halogens is 1. The van der Waals surface area contributed by atoms with Crippen LogP contribution in [0.3, 0.4) is 0 Å². The second-order valence-electron chi connectivity index (χ2n) is 7.20. The molecule has 0 spiro atoms. The average molecular weight is 498 g/mol. The van der Waals surface area contributed by atoms with Gasteiger partial charge in [-0.25, -0.2) is 8.42 Å². The van der Waals surface area contributed by atoms with Crippen molar-refractivity contribution in [1.29, 1.82) is 0 Å². The van der Waals surface area contributed by atoms with Gasteiger partial charge in [0.1, 0.15) is 17.2 Å². The topological polar surface area (TPSA) is 110 Å². The van der Waals surface area contributed by atoms with E-state index in [0.29, 0.717) is 16.5 Å². The van der Waals surface area contributed by atoms with E-state index in [1.54, 1.807) is 25.3 Å². The molecule has 1 amide bonds. The molecule has 4 aromatic rings. The van der Waals surface area contributed by atoms with Crippen LogP contribution >= 0.6 is 11.6 Å². The first-order valence-corrected chi connectivity index (χ1v) is 11.9. The number of methoxy groups -OCH3 is 2. The summed E-state index contributed by atoms with van der Waals surface area (Å²) >= 11 is 5.87. The van der Waals surface area contributed by atoms with Crippen LogP contribution in [0.1, 0.15) is 10.5 Å². The first kappa shape index (κ1) is 23.3. The minimum Gasteiger partial charge on any atom is -0.497 e. The highest BCUT2D eigenvalue weighted by Gasteiger charge is 2.21. The molecule has 0 bridgehead atoms. The smallest absolute Gasteiger partial charge is 0.273 e. The summed E-state index contributed by atoms with van der Waals surface area (Å²) in [4.78, 5) is 12.9. The molecule has 0 aliphatic carbocycles. The van der Waals surface area contributed by atoms with E-state index < -0.39 is 15.7 Å². The number of nitrogens with one attached hydrogen (secondary N) is 2. The van der Waals surface area contributed by atoms with E-state index in [2.05, 4.69) is 15.5 Å². The summed E-state index contributed by atoms with van der Waals surface area (Å²) in [6, 6.07) is 18.9. The molecule has 10 heteroatoms. The van der Waals surface area contributed by atoms with Crippen molar-refractivity contribution in [3.63, 3.8) is 0 Å². The van der Waals surface area contributed by atoms with Crippen molar-refractivity contribution in [2.45, 2.75) is 9.79 Å². The molecular formula is C24H20ClN3O5S. The molecule has 0 aliphatic rings. The van der Waals surface area contributed by atoms with Crippen molar-refractivity contribution in [3.8, 4) is 22.8 Å². The van der Waals surface area contributed by atoms with Crippen molar-refractivity contribution < 1.29 is 22.7 Å². The van der Waals surface area contributed by atoms with E-state index in [9.17, 15) is 13.2 Å². The maximum atomic E-state index is 13.1. The van der Waals surface area contributed by atoms with Gasteiger partial charge in [-0.15, -0.1) is 0 Å². The number of aromatic nitrogens is 2. The predicted octanol–water partition coefficient (Wildman–Crippen LogP) is 4.83. The van der Waals surface area contributed by atoms with Crippen molar-refractivity contribution >= 4 is 33.0 Å². The zero-order chi connectivity index (χ0) is 24.3. The number of aromatic amines is 1. The highest BCUT2D eigenvalue weighted by molar-refractivity contribution is 7.91. The van der Waals surface area contributed by atoms with E-state index in [0.717, 1.165) is 5.56 Å². The summed E-state index contributed by atoms with van der Waals surface area (Å²) in [7, 11) is -0.877. The van der Waals surface area contributed by atoms with Crippen LogP contribution in [0, 0.1) is 0 Å². The van der Waals surface area contributed by atoms with Crippen LogP contribution in [-0.2, 0) is 9.84 Å². The summed E-state index contributed by atoms with van der Waals surface area (Å²) in [5.41, 5.74) is 1.83. The molecule has 0 atom stereocenters. The average Bonchev–Trinajstić information content (AvgIpc) is 3.35. The van der Waals surface area contributed by atoms with Gasteiger partial charge in [0.2, 0.25) is 9.84 Å². The number of benzene rings is 3. The maximum Gasteiger partial charge on any atom is 0.273 e. The molecule has 34 heavy (non-hydrogen) atoms. The van der Waals surface area contributed by atoms with Crippen LogP contribution in [-0.4, -0.2) is 38.7 Å². The number of hydrogen-bond acceptors (Lipinski definition) is 6. The lowest BCUT2D eigenvalue weighted by Gasteiger charge is -2.11. The van der Waals surface area contributed by atoms with E-state index in [1.807, 2.05) is 12.1 Å². The Morgan fingerprint density at radius 3 is 2.21 bits per heavy atom. The Hall–Kier alpha value is -3.82. The number of nitrogens with zero attached hydrogens (tertiary/aromatic N) is 1. The normalized spacial score (nSPS) is 11.1. The maximum absolute atomic E-state index is 13.1. The van der Waals surface area contributed by atoms with Gasteiger partial charge in [0, 0.05) is 22.3 Å². The van der Waals surface area contributed by atoms with Gasteiger partial charge in [0.05, 0.1) is 29.7 Å². The Labute approximate surface area is 201 Å². The summed E-state index contributed by atoms with van der Waals surface area (Å²) in [5, 5.41) is 10.0. The summed E-state index contributed by atoms with van der Waals surface area (Å²) in [6.45, 7) is 0. The second kappa shape index (κ2) is 9.58. The number of carbonyl (C=O) groups excluding carboxylic acids is 1. The number of anilines is 1. The molecule has 174 valence electrons. The zero-order valence-electron chi connectivity index (χ0n) is 18.2. The Bertz CT molecular complexity index is 1430. The van der Waals surface area contributed by atoms with Gasteiger partial charge >= 0.3 is 0 Å². The van der Waals surface area contributed by atoms with E-state index >= 15 is 0 Å². The lowest BCUT2D eigenvalue weighted by molar-refractivity contribution is 0.102. The second-order valence-corrected chi connectivity index (χ2v) is 9.59. The lowest BCUT2D eigenvalue weighted by atomic mass is 10.1. The van der Waals surface area contributed by atoms with Crippen LogP contribution in [0.4, 0.5) is 5.69 Å². The molecule has 1 aromatic heterocycles. The molecule has 2 N–H and O–H groups in total. The quantitative estimate of drug-likeness (QED) is 0.378. The third-order valence-electron chi connectivity index (χ3n) is 5.02. The van der Waals surface area contributed by atoms with Crippen LogP contribution in [0.2, 0.25) is 5.02 Å². The molecule has 1 heterocycles. The molecular weight excluding hydrogens is 478 g/mol. The van der Waals surface area contributed by atoms with Gasteiger partial charge in [-0.1, -0.05) is 11.6 Å². The molecule has 0 unspecified atom stereocenters. The predicted molar refractivity (Wildman–Crippen MR) is 128 cm³/mol. The van der Waals surface area contributed by atoms with Crippen LogP contribution in [0.25, 0.3) is 11.3 Å². The summed E-state index contributed by atoms with van der Waals surface area (Å²) in [5.74, 6) is 0.490. The van der Waals surface area contributed by atoms with E-state index in [4.69, 9.17) is 21.1 Å². The van der Waals surface area contributed by atoms with Gasteiger partial charge in [0.25, 0.3) is 5.91 Å². The first-order valence-electron chi connectivity index (χ1n) is 10.0. The molecule has 0 saturated heterocycles. The fraction of sp³-hybridized carbons (Fsp3) is 0.0833. The third kappa shape index (κ3) is 4.90. The molecule has 4 rings (SSSR count). The monoisotopic (exact) mass is 497 g/mol. The van der Waals surface area contributed by atoms with Gasteiger partial charge < -0.3 is 14.8 Å². The molecule has 3 aromatic carbocycles. The zero-order valence-corrected chi connectivity index (χ0v) is 19.8. The minimum absolute atomic E-state index is 0.0343. The largest absolute Gasteiger partial charge is 0.497 e. The Kier molecular flexibility index (Phi) is 6.58. The van der Waals surface area contributed by atoms with Crippen molar-refractivity contribution in [3.05, 3.63) is 83.5 Å². The van der Waals surface area contributed by atoms with E-state index in [-0.39, 0.29) is 26.9 Å². The number of H-pyrrole nitrogens is 1. The standard InChI is InChI=1S/C24H20ClN3O5S/c1-32-18-7-3-15(4-8-18)22-14-23(28-27-22)24(29)26-17-11-19(33-2)13-21(12-17)34(30,31)20-9-5-16(25)6-10-20/h3-14H,1-2H3,(H,26,29)(H,27,28). The van der Waals surface area contributed by atoms with Crippen molar-refractivity contribution in [2.24, 2.45) is 0 Å². The third-order valence-corrected chi connectivity index (χ3v) is 7.02. The fourth-order valence-corrected chi connectivity index (χ4v) is 4.66. The first-order chi connectivity index (χ1) is 16.3. The fourth-order valence-electron chi connectivity index (χ4n) is 3.21. The van der Waals surface area contributed by atoms with E-state index in [1.165, 1.54) is 49.6 Å². The number of ether oxygens (including phenoxy) is 2. The van der Waals surface area contributed by atoms with Crippen LogP contribution in [0.5, 0.6) is 11.5 Å². The number of carbonyl (C=O) groups is 1. The Balaban J connectivity index is 1.60. The SMILES string of the molecule is COc1ccc(-c2cc(C(=O)Nc3cc(OC)cc(S(=O)(=O)c4ccc(Cl)cc4)c3)[nH]n2)cc1. The molecule has 8 nitrogen and oxygen atoms in total. The number of amides is 1. The number of hydrogen-bond donors (Lipinski definition) is 2. The molecule has 0 saturated carbocycles. The molecule has 0 aliphatic heterocycles. The highest BCUT2D eigenvalue weighted by atomic mass is 35.5. The Morgan fingerprint density at radius 1 is 0.882 bits per heavy atom. The van der Waals surface area contributed by atoms with Crippen molar-refractivity contribution in [2.75, 3.05) is 19.5 Å². The molecule has 0 fully saturated rings. The van der Waals surface area contributed by atoms with Gasteiger partial charge in [-0.3, -0.25) is 9.89 Å². The van der Waals surface area contributed by atoms with Crippen molar-refractivity contribution in [1.82, 2.24) is 10.2 Å². The van der Waals surface area contributed by atoms with Gasteiger partial charge in [0.15, 0.2) is 0 Å². The van der Waals surface area contributed by atoms with Gasteiger partial charge in [-0.05, 0) is 66.7 Å². The minimum atomic E-state index is -3.87.